The van der Waals surface area contributed by atoms with E-state index in [2.05, 4.69) is 31.1 Å². The Kier molecular flexibility index (Phi) is 5.48. The molecule has 7 heteroatoms. The summed E-state index contributed by atoms with van der Waals surface area (Å²) in [7, 11) is 1.85. The van der Waals surface area contributed by atoms with E-state index in [-0.39, 0.29) is 12.0 Å². The van der Waals surface area contributed by atoms with Gasteiger partial charge in [0.05, 0.1) is 12.3 Å². The van der Waals surface area contributed by atoms with E-state index in [1.807, 2.05) is 19.2 Å². The first-order chi connectivity index (χ1) is 12.9. The molecule has 0 saturated carbocycles. The third kappa shape index (κ3) is 3.97. The molecule has 2 aromatic rings. The third-order valence-corrected chi connectivity index (χ3v) is 4.99. The van der Waals surface area contributed by atoms with Crippen LogP contribution in [-0.4, -0.2) is 64.4 Å². The minimum Gasteiger partial charge on any atom is -0.450 e. The molecular formula is C20H26N4O3. The van der Waals surface area contributed by atoms with Gasteiger partial charge in [0, 0.05) is 38.8 Å². The van der Waals surface area contributed by atoms with E-state index in [1.54, 1.807) is 21.4 Å². The van der Waals surface area contributed by atoms with Crippen molar-refractivity contribution in [2.24, 2.45) is 7.05 Å². The highest BCUT2D eigenvalue weighted by Crippen LogP contribution is 2.23. The number of hydrogen-bond acceptors (Lipinski definition) is 4. The second-order valence-electron chi connectivity index (χ2n) is 6.82. The van der Waals surface area contributed by atoms with Crippen molar-refractivity contribution in [2.75, 3.05) is 32.8 Å². The van der Waals surface area contributed by atoms with E-state index >= 15 is 0 Å². The van der Waals surface area contributed by atoms with Gasteiger partial charge in [-0.3, -0.25) is 9.48 Å². The number of aromatic nitrogens is 2. The summed E-state index contributed by atoms with van der Waals surface area (Å²) in [6.45, 7) is 8.19. The Morgan fingerprint density at radius 3 is 2.33 bits per heavy atom. The molecule has 0 spiro atoms. The molecule has 0 bridgehead atoms. The predicted octanol–water partition coefficient (Wildman–Crippen LogP) is 2.62. The van der Waals surface area contributed by atoms with Crippen molar-refractivity contribution in [3.05, 3.63) is 41.1 Å². The van der Waals surface area contributed by atoms with E-state index in [1.165, 1.54) is 11.1 Å². The van der Waals surface area contributed by atoms with Gasteiger partial charge in [-0.15, -0.1) is 0 Å². The Morgan fingerprint density at radius 1 is 1.04 bits per heavy atom. The van der Waals surface area contributed by atoms with Crippen LogP contribution in [-0.2, 0) is 11.8 Å². The molecule has 0 radical (unpaired) electrons. The van der Waals surface area contributed by atoms with Gasteiger partial charge in [-0.25, -0.2) is 4.79 Å². The first kappa shape index (κ1) is 18.9. The molecule has 0 N–H and O–H groups in total. The van der Waals surface area contributed by atoms with Gasteiger partial charge in [0.2, 0.25) is 0 Å². The fourth-order valence-electron chi connectivity index (χ4n) is 3.21. The maximum absolute atomic E-state index is 12.8. The standard InChI is InChI=1S/C20H26N4O3/c1-5-27-20(26)24-10-8-23(9-11-24)19(25)17-13-18(22(4)21-17)16-7-6-14(2)15(3)12-16/h6-7,12-13H,5,8-11H2,1-4H3. The van der Waals surface area contributed by atoms with Gasteiger partial charge in [0.15, 0.2) is 5.69 Å². The van der Waals surface area contributed by atoms with Crippen LogP contribution in [0, 0.1) is 13.8 Å². The molecule has 1 aliphatic heterocycles. The topological polar surface area (TPSA) is 67.7 Å². The highest BCUT2D eigenvalue weighted by Gasteiger charge is 2.27. The maximum atomic E-state index is 12.8. The number of rotatable bonds is 3. The molecule has 1 aliphatic rings. The fourth-order valence-corrected chi connectivity index (χ4v) is 3.21. The lowest BCUT2D eigenvalue weighted by molar-refractivity contribution is 0.0565. The van der Waals surface area contributed by atoms with Crippen LogP contribution in [0.4, 0.5) is 4.79 Å². The van der Waals surface area contributed by atoms with Gasteiger partial charge in [0.25, 0.3) is 5.91 Å². The van der Waals surface area contributed by atoms with E-state index in [4.69, 9.17) is 4.74 Å². The average molecular weight is 370 g/mol. The van der Waals surface area contributed by atoms with Crippen LogP contribution in [0.15, 0.2) is 24.3 Å². The Bertz CT molecular complexity index is 851. The highest BCUT2D eigenvalue weighted by molar-refractivity contribution is 5.93. The largest absolute Gasteiger partial charge is 0.450 e. The van der Waals surface area contributed by atoms with E-state index in [0.717, 1.165) is 11.3 Å². The molecule has 1 fully saturated rings. The summed E-state index contributed by atoms with van der Waals surface area (Å²) >= 11 is 0. The summed E-state index contributed by atoms with van der Waals surface area (Å²) < 4.78 is 6.76. The normalized spacial score (nSPS) is 14.4. The number of carbonyl (C=O) groups excluding carboxylic acids is 2. The van der Waals surface area contributed by atoms with Crippen LogP contribution in [0.3, 0.4) is 0 Å². The molecule has 0 aliphatic carbocycles. The van der Waals surface area contributed by atoms with Gasteiger partial charge < -0.3 is 14.5 Å². The van der Waals surface area contributed by atoms with Crippen LogP contribution in [0.2, 0.25) is 0 Å². The Morgan fingerprint density at radius 2 is 1.70 bits per heavy atom. The maximum Gasteiger partial charge on any atom is 0.409 e. The Hall–Kier alpha value is -2.83. The zero-order valence-corrected chi connectivity index (χ0v) is 16.4. The molecule has 1 saturated heterocycles. The van der Waals surface area contributed by atoms with Gasteiger partial charge in [-0.05, 0) is 44.0 Å². The van der Waals surface area contributed by atoms with Crippen molar-refractivity contribution in [3.8, 4) is 11.3 Å². The van der Waals surface area contributed by atoms with Gasteiger partial charge in [-0.2, -0.15) is 5.10 Å². The second-order valence-corrected chi connectivity index (χ2v) is 6.82. The molecule has 0 atom stereocenters. The van der Waals surface area contributed by atoms with E-state index < -0.39 is 0 Å². The molecule has 0 unspecified atom stereocenters. The van der Waals surface area contributed by atoms with E-state index in [9.17, 15) is 9.59 Å². The summed E-state index contributed by atoms with van der Waals surface area (Å²) in [6, 6.07) is 8.07. The zero-order chi connectivity index (χ0) is 19.6. The van der Waals surface area contributed by atoms with Crippen molar-refractivity contribution in [2.45, 2.75) is 20.8 Å². The number of piperazine rings is 1. The molecule has 3 rings (SSSR count). The molecule has 1 aromatic carbocycles. The summed E-state index contributed by atoms with van der Waals surface area (Å²) in [5.41, 5.74) is 4.81. The Balaban J connectivity index is 1.71. The third-order valence-electron chi connectivity index (χ3n) is 4.99. The molecule has 2 amide bonds. The number of amides is 2. The van der Waals surface area contributed by atoms with Gasteiger partial charge >= 0.3 is 6.09 Å². The summed E-state index contributed by atoms with van der Waals surface area (Å²) in [4.78, 5) is 28.0. The fraction of sp³-hybridized carbons (Fsp3) is 0.450. The zero-order valence-electron chi connectivity index (χ0n) is 16.4. The number of aryl methyl sites for hydroxylation is 3. The average Bonchev–Trinajstić information content (AvgIpc) is 3.05. The summed E-state index contributed by atoms with van der Waals surface area (Å²) in [5, 5.41) is 4.42. The van der Waals surface area contributed by atoms with E-state index in [0.29, 0.717) is 38.5 Å². The molecule has 144 valence electrons. The number of benzene rings is 1. The van der Waals surface area contributed by atoms with Crippen LogP contribution in [0.25, 0.3) is 11.3 Å². The molecule has 27 heavy (non-hydrogen) atoms. The molecule has 2 heterocycles. The quantitative estimate of drug-likeness (QED) is 0.833. The number of carbonyl (C=O) groups is 2. The number of hydrogen-bond donors (Lipinski definition) is 0. The highest BCUT2D eigenvalue weighted by atomic mass is 16.6. The van der Waals surface area contributed by atoms with Gasteiger partial charge in [-0.1, -0.05) is 12.1 Å². The lowest BCUT2D eigenvalue weighted by Gasteiger charge is -2.33. The smallest absolute Gasteiger partial charge is 0.409 e. The number of ether oxygens (including phenoxy) is 1. The van der Waals surface area contributed by atoms with Crippen molar-refractivity contribution >= 4 is 12.0 Å². The van der Waals surface area contributed by atoms with Crippen molar-refractivity contribution in [1.82, 2.24) is 19.6 Å². The van der Waals surface area contributed by atoms with Crippen LogP contribution in [0.5, 0.6) is 0 Å². The molecular weight excluding hydrogens is 344 g/mol. The van der Waals surface area contributed by atoms with Crippen molar-refractivity contribution in [3.63, 3.8) is 0 Å². The SMILES string of the molecule is CCOC(=O)N1CCN(C(=O)c2cc(-c3ccc(C)c(C)c3)n(C)n2)CC1. The summed E-state index contributed by atoms with van der Waals surface area (Å²) in [5.74, 6) is -0.107. The van der Waals surface area contributed by atoms with Crippen LogP contribution in [0.1, 0.15) is 28.5 Å². The minimum absolute atomic E-state index is 0.107. The van der Waals surface area contributed by atoms with Crippen molar-refractivity contribution in [1.29, 1.82) is 0 Å². The first-order valence-corrected chi connectivity index (χ1v) is 9.23. The van der Waals surface area contributed by atoms with Crippen LogP contribution >= 0.6 is 0 Å². The lowest BCUT2D eigenvalue weighted by atomic mass is 10.0. The first-order valence-electron chi connectivity index (χ1n) is 9.23. The molecule has 7 nitrogen and oxygen atoms in total. The van der Waals surface area contributed by atoms with Gasteiger partial charge in [0.1, 0.15) is 0 Å². The summed E-state index contributed by atoms with van der Waals surface area (Å²) in [6.07, 6.45) is -0.320. The second kappa shape index (κ2) is 7.82. The predicted molar refractivity (Wildman–Crippen MR) is 103 cm³/mol. The lowest BCUT2D eigenvalue weighted by Crippen LogP contribution is -2.50. The molecule has 1 aromatic heterocycles. The number of nitrogens with zero attached hydrogens (tertiary/aromatic N) is 4. The Labute approximate surface area is 159 Å². The monoisotopic (exact) mass is 370 g/mol. The van der Waals surface area contributed by atoms with Crippen molar-refractivity contribution < 1.29 is 14.3 Å². The van der Waals surface area contributed by atoms with Crippen LogP contribution < -0.4 is 0 Å². The minimum atomic E-state index is -0.320.